The van der Waals surface area contributed by atoms with Crippen LogP contribution in [-0.4, -0.2) is 41.8 Å². The molecule has 2 aliphatic heterocycles. The number of rotatable bonds is 2. The van der Waals surface area contributed by atoms with Gasteiger partial charge in [0.25, 0.3) is 0 Å². The van der Waals surface area contributed by atoms with Gasteiger partial charge in [0.05, 0.1) is 17.4 Å². The Balaban J connectivity index is 1.66. The Kier molecular flexibility index (Phi) is 3.47. The summed E-state index contributed by atoms with van der Waals surface area (Å²) >= 11 is 0. The first kappa shape index (κ1) is 15.0. The summed E-state index contributed by atoms with van der Waals surface area (Å²) in [6.45, 7) is 1.39. The van der Waals surface area contributed by atoms with Gasteiger partial charge in [0, 0.05) is 26.7 Å². The second-order valence-electron chi connectivity index (χ2n) is 5.84. The number of nitrogens with zero attached hydrogens (tertiary/aromatic N) is 2. The molecule has 0 saturated carbocycles. The number of carbonyl (C=O) groups is 2. The first-order valence-electron chi connectivity index (χ1n) is 6.97. The Morgan fingerprint density at radius 3 is 2.00 bits per heavy atom. The van der Waals surface area contributed by atoms with Gasteiger partial charge in [0.15, 0.2) is 0 Å². The molecule has 0 unspecified atom stereocenters. The van der Waals surface area contributed by atoms with Crippen LogP contribution in [0.3, 0.4) is 0 Å². The van der Waals surface area contributed by atoms with E-state index in [-0.39, 0.29) is 23.7 Å². The van der Waals surface area contributed by atoms with Gasteiger partial charge in [0.1, 0.15) is 0 Å². The van der Waals surface area contributed by atoms with E-state index >= 15 is 0 Å². The average Bonchev–Trinajstić information content (AvgIpc) is 2.95. The minimum absolute atomic E-state index is 0.162. The minimum Gasteiger partial charge on any atom is -0.297 e. The summed E-state index contributed by atoms with van der Waals surface area (Å²) in [6.07, 6.45) is -4.34. The summed E-state index contributed by atoms with van der Waals surface area (Å²) in [7, 11) is 1.49. The molecule has 2 amide bonds. The second-order valence-corrected chi connectivity index (χ2v) is 5.84. The summed E-state index contributed by atoms with van der Waals surface area (Å²) in [5, 5.41) is 0. The van der Waals surface area contributed by atoms with E-state index in [9.17, 15) is 22.8 Å². The van der Waals surface area contributed by atoms with Crippen LogP contribution in [0.4, 0.5) is 13.2 Å². The molecule has 22 heavy (non-hydrogen) atoms. The fraction of sp³-hybridized carbons (Fsp3) is 0.467. The summed E-state index contributed by atoms with van der Waals surface area (Å²) in [5.41, 5.74) is 0.0581. The van der Waals surface area contributed by atoms with Crippen molar-refractivity contribution >= 4 is 11.8 Å². The van der Waals surface area contributed by atoms with Crippen LogP contribution >= 0.6 is 0 Å². The number of likely N-dealkylation sites (tertiary alicyclic amines) is 2. The smallest absolute Gasteiger partial charge is 0.297 e. The van der Waals surface area contributed by atoms with E-state index in [1.807, 2.05) is 4.90 Å². The van der Waals surface area contributed by atoms with E-state index in [2.05, 4.69) is 0 Å². The van der Waals surface area contributed by atoms with Crippen LogP contribution < -0.4 is 0 Å². The van der Waals surface area contributed by atoms with E-state index in [1.54, 1.807) is 0 Å². The van der Waals surface area contributed by atoms with Gasteiger partial charge in [-0.15, -0.1) is 0 Å². The summed E-state index contributed by atoms with van der Waals surface area (Å²) in [5.74, 6) is -0.950. The highest BCUT2D eigenvalue weighted by atomic mass is 19.4. The maximum atomic E-state index is 12.5. The number of imide groups is 1. The molecular formula is C15H15F3N2O2. The zero-order valence-electron chi connectivity index (χ0n) is 11.9. The number of carbonyl (C=O) groups excluding carboxylic acids is 2. The molecule has 0 radical (unpaired) electrons. The van der Waals surface area contributed by atoms with Crippen molar-refractivity contribution < 1.29 is 22.8 Å². The van der Waals surface area contributed by atoms with Crippen molar-refractivity contribution in [1.82, 2.24) is 9.80 Å². The Labute approximate surface area is 125 Å². The van der Waals surface area contributed by atoms with E-state index in [1.165, 1.54) is 24.1 Å². The molecule has 7 heteroatoms. The van der Waals surface area contributed by atoms with Crippen LogP contribution in [0.2, 0.25) is 0 Å². The van der Waals surface area contributed by atoms with Crippen LogP contribution in [0.25, 0.3) is 0 Å². The van der Waals surface area contributed by atoms with Crippen LogP contribution in [0.1, 0.15) is 11.1 Å². The van der Waals surface area contributed by atoms with E-state index < -0.39 is 11.7 Å². The van der Waals surface area contributed by atoms with Crippen LogP contribution in [-0.2, 0) is 22.3 Å². The van der Waals surface area contributed by atoms with Gasteiger partial charge in [-0.05, 0) is 17.7 Å². The molecule has 0 aliphatic carbocycles. The molecule has 2 heterocycles. The van der Waals surface area contributed by atoms with Crippen molar-refractivity contribution in [2.24, 2.45) is 11.8 Å². The third-order valence-electron chi connectivity index (χ3n) is 4.38. The predicted molar refractivity (Wildman–Crippen MR) is 71.5 cm³/mol. The van der Waals surface area contributed by atoms with Crippen molar-refractivity contribution in [2.75, 3.05) is 20.1 Å². The number of benzene rings is 1. The SMILES string of the molecule is CN1C(=O)[C@H]2CN(Cc3ccc(C(F)(F)F)cc3)C[C@H]2C1=O. The zero-order chi connectivity index (χ0) is 16.1. The molecular weight excluding hydrogens is 297 g/mol. The molecule has 1 aromatic carbocycles. The van der Waals surface area contributed by atoms with Crippen molar-refractivity contribution in [2.45, 2.75) is 12.7 Å². The van der Waals surface area contributed by atoms with Gasteiger partial charge < -0.3 is 0 Å². The third-order valence-corrected chi connectivity index (χ3v) is 4.38. The number of hydrogen-bond donors (Lipinski definition) is 0. The number of alkyl halides is 3. The molecule has 0 spiro atoms. The topological polar surface area (TPSA) is 40.6 Å². The average molecular weight is 312 g/mol. The fourth-order valence-corrected chi connectivity index (χ4v) is 3.18. The van der Waals surface area contributed by atoms with Gasteiger partial charge >= 0.3 is 6.18 Å². The van der Waals surface area contributed by atoms with E-state index in [0.29, 0.717) is 19.6 Å². The maximum absolute atomic E-state index is 12.5. The Bertz CT molecular complexity index is 588. The van der Waals surface area contributed by atoms with Crippen LogP contribution in [0, 0.1) is 11.8 Å². The van der Waals surface area contributed by atoms with Gasteiger partial charge in [-0.2, -0.15) is 13.2 Å². The lowest BCUT2D eigenvalue weighted by Crippen LogP contribution is -2.32. The van der Waals surface area contributed by atoms with Gasteiger partial charge in [-0.3, -0.25) is 19.4 Å². The summed E-state index contributed by atoms with van der Waals surface area (Å²) in [4.78, 5) is 26.9. The van der Waals surface area contributed by atoms with Gasteiger partial charge in [0.2, 0.25) is 11.8 Å². The largest absolute Gasteiger partial charge is 0.416 e. The first-order chi connectivity index (χ1) is 10.3. The molecule has 0 bridgehead atoms. The molecule has 2 saturated heterocycles. The van der Waals surface area contributed by atoms with Crippen molar-refractivity contribution in [1.29, 1.82) is 0 Å². The molecule has 2 fully saturated rings. The summed E-state index contributed by atoms with van der Waals surface area (Å²) in [6, 6.07) is 4.98. The molecule has 2 aliphatic rings. The third kappa shape index (κ3) is 2.49. The number of amides is 2. The summed E-state index contributed by atoms with van der Waals surface area (Å²) < 4.78 is 37.5. The Hall–Kier alpha value is -1.89. The quantitative estimate of drug-likeness (QED) is 0.781. The Morgan fingerprint density at radius 2 is 1.55 bits per heavy atom. The first-order valence-corrected chi connectivity index (χ1v) is 6.97. The maximum Gasteiger partial charge on any atom is 0.416 e. The van der Waals surface area contributed by atoms with Crippen molar-refractivity contribution in [3.05, 3.63) is 35.4 Å². The van der Waals surface area contributed by atoms with E-state index in [0.717, 1.165) is 17.7 Å². The standard InChI is InChI=1S/C15H15F3N2O2/c1-19-13(21)11-7-20(8-12(11)14(19)22)6-9-2-4-10(5-3-9)15(16,17)18/h2-5,11-12H,6-8H2,1H3/t11-,12+. The molecule has 0 aromatic heterocycles. The highest BCUT2D eigenvalue weighted by Gasteiger charge is 2.50. The highest BCUT2D eigenvalue weighted by Crippen LogP contribution is 2.34. The van der Waals surface area contributed by atoms with E-state index in [4.69, 9.17) is 0 Å². The fourth-order valence-electron chi connectivity index (χ4n) is 3.18. The highest BCUT2D eigenvalue weighted by molar-refractivity contribution is 6.05. The Morgan fingerprint density at radius 1 is 1.05 bits per heavy atom. The molecule has 2 atom stereocenters. The van der Waals surface area contributed by atoms with Crippen LogP contribution in [0.15, 0.2) is 24.3 Å². The zero-order valence-corrected chi connectivity index (χ0v) is 11.9. The van der Waals surface area contributed by atoms with Gasteiger partial charge in [-0.1, -0.05) is 12.1 Å². The second kappa shape index (κ2) is 5.08. The lowest BCUT2D eigenvalue weighted by Gasteiger charge is -2.18. The number of fused-ring (bicyclic) bond motifs is 1. The van der Waals surface area contributed by atoms with Crippen LogP contribution in [0.5, 0.6) is 0 Å². The predicted octanol–water partition coefficient (Wildman–Crippen LogP) is 1.75. The number of hydrogen-bond acceptors (Lipinski definition) is 3. The molecule has 118 valence electrons. The normalized spacial score (nSPS) is 25.9. The lowest BCUT2D eigenvalue weighted by atomic mass is 10.00. The molecule has 3 rings (SSSR count). The minimum atomic E-state index is -4.34. The number of halogens is 3. The van der Waals surface area contributed by atoms with Gasteiger partial charge in [-0.25, -0.2) is 0 Å². The lowest BCUT2D eigenvalue weighted by molar-refractivity contribution is -0.139. The monoisotopic (exact) mass is 312 g/mol. The van der Waals surface area contributed by atoms with Crippen molar-refractivity contribution in [3.63, 3.8) is 0 Å². The van der Waals surface area contributed by atoms with Crippen molar-refractivity contribution in [3.8, 4) is 0 Å². The molecule has 4 nitrogen and oxygen atoms in total. The molecule has 0 N–H and O–H groups in total. The molecule has 1 aromatic rings.